The summed E-state index contributed by atoms with van der Waals surface area (Å²) in [5.74, 6) is 0. The largest absolute Gasteiger partial charge is 0.335 e. The lowest BCUT2D eigenvalue weighted by atomic mass is 9.96. The molecule has 1 saturated carbocycles. The molecule has 5 nitrogen and oxygen atoms in total. The van der Waals surface area contributed by atoms with Gasteiger partial charge in [0, 0.05) is 17.8 Å². The molecule has 0 unspecified atom stereocenters. The van der Waals surface area contributed by atoms with Crippen LogP contribution >= 0.6 is 0 Å². The number of carbonyl (C=O) groups is 1. The van der Waals surface area contributed by atoms with Crippen LogP contribution in [0.4, 0.5) is 4.79 Å². The molecule has 0 spiro atoms. The van der Waals surface area contributed by atoms with E-state index in [0.717, 1.165) is 24.2 Å². The maximum atomic E-state index is 12.0. The average molecular weight is 278 g/mol. The van der Waals surface area contributed by atoms with E-state index in [1.165, 1.54) is 19.3 Å². The quantitative estimate of drug-likeness (QED) is 0.889. The Kier molecular flexibility index (Phi) is 5.04. The molecular weight excluding hydrogens is 252 g/mol. The molecule has 1 aromatic rings. The summed E-state index contributed by atoms with van der Waals surface area (Å²) in [5, 5.41) is 10.5. The first-order valence-corrected chi connectivity index (χ1v) is 7.62. The Morgan fingerprint density at radius 2 is 2.10 bits per heavy atom. The van der Waals surface area contributed by atoms with Gasteiger partial charge < -0.3 is 10.6 Å². The van der Waals surface area contributed by atoms with Gasteiger partial charge in [0.2, 0.25) is 0 Å². The van der Waals surface area contributed by atoms with Crippen LogP contribution in [0.2, 0.25) is 0 Å². The third kappa shape index (κ3) is 4.25. The van der Waals surface area contributed by atoms with Crippen LogP contribution in [0.3, 0.4) is 0 Å². The molecule has 0 aliphatic heterocycles. The Morgan fingerprint density at radius 3 is 2.70 bits per heavy atom. The monoisotopic (exact) mass is 278 g/mol. The molecule has 1 aromatic heterocycles. The van der Waals surface area contributed by atoms with Gasteiger partial charge in [-0.2, -0.15) is 5.10 Å². The second-order valence-corrected chi connectivity index (χ2v) is 5.96. The fourth-order valence-electron chi connectivity index (χ4n) is 2.86. The number of amides is 2. The third-order valence-corrected chi connectivity index (χ3v) is 3.87. The van der Waals surface area contributed by atoms with E-state index in [-0.39, 0.29) is 12.1 Å². The van der Waals surface area contributed by atoms with E-state index in [0.29, 0.717) is 12.6 Å². The maximum Gasteiger partial charge on any atom is 0.315 e. The van der Waals surface area contributed by atoms with Crippen molar-refractivity contribution in [1.82, 2.24) is 20.4 Å². The number of carbonyl (C=O) groups excluding carboxylic acids is 1. The van der Waals surface area contributed by atoms with Crippen molar-refractivity contribution in [2.24, 2.45) is 0 Å². The van der Waals surface area contributed by atoms with Gasteiger partial charge in [0.25, 0.3) is 0 Å². The van der Waals surface area contributed by atoms with E-state index in [9.17, 15) is 4.79 Å². The molecule has 1 aliphatic rings. The minimum atomic E-state index is -0.0501. The van der Waals surface area contributed by atoms with E-state index >= 15 is 0 Å². The molecule has 2 amide bonds. The van der Waals surface area contributed by atoms with Crippen molar-refractivity contribution in [1.29, 1.82) is 0 Å². The standard InChI is InChI=1S/C15H26N4O/c1-11-9-13(3)19(18-11)10-12(2)16-15(20)17-14-7-5-4-6-8-14/h9,12,14H,4-8,10H2,1-3H3,(H2,16,17,20)/t12-/m1/s1. The highest BCUT2D eigenvalue weighted by atomic mass is 16.2. The van der Waals surface area contributed by atoms with Crippen LogP contribution in [-0.4, -0.2) is 27.9 Å². The minimum absolute atomic E-state index is 0.0501. The predicted octanol–water partition coefficient (Wildman–Crippen LogP) is 2.52. The summed E-state index contributed by atoms with van der Waals surface area (Å²) >= 11 is 0. The van der Waals surface area contributed by atoms with Gasteiger partial charge >= 0.3 is 6.03 Å². The molecule has 0 radical (unpaired) electrons. The van der Waals surface area contributed by atoms with Crippen LogP contribution in [-0.2, 0) is 6.54 Å². The molecule has 0 saturated heterocycles. The topological polar surface area (TPSA) is 59.0 Å². The second-order valence-electron chi connectivity index (χ2n) is 5.96. The molecule has 0 aromatic carbocycles. The van der Waals surface area contributed by atoms with Crippen molar-refractivity contribution in [3.8, 4) is 0 Å². The van der Waals surface area contributed by atoms with Crippen LogP contribution in [0.5, 0.6) is 0 Å². The highest BCUT2D eigenvalue weighted by Crippen LogP contribution is 2.17. The summed E-state index contributed by atoms with van der Waals surface area (Å²) in [4.78, 5) is 12.0. The smallest absolute Gasteiger partial charge is 0.315 e. The Morgan fingerprint density at radius 1 is 1.40 bits per heavy atom. The van der Waals surface area contributed by atoms with Gasteiger partial charge in [-0.1, -0.05) is 19.3 Å². The van der Waals surface area contributed by atoms with Gasteiger partial charge in [-0.3, -0.25) is 4.68 Å². The van der Waals surface area contributed by atoms with Crippen LogP contribution in [0.15, 0.2) is 6.07 Å². The number of urea groups is 1. The first-order chi connectivity index (χ1) is 9.54. The lowest BCUT2D eigenvalue weighted by molar-refractivity contribution is 0.228. The first-order valence-electron chi connectivity index (χ1n) is 7.62. The highest BCUT2D eigenvalue weighted by Gasteiger charge is 2.17. The molecule has 5 heteroatoms. The van der Waals surface area contributed by atoms with Crippen molar-refractivity contribution in [2.75, 3.05) is 0 Å². The third-order valence-electron chi connectivity index (χ3n) is 3.87. The number of aromatic nitrogens is 2. The Labute approximate surface area is 121 Å². The molecule has 1 fully saturated rings. The van der Waals surface area contributed by atoms with Gasteiger partial charge in [-0.15, -0.1) is 0 Å². The lowest BCUT2D eigenvalue weighted by Gasteiger charge is -2.24. The minimum Gasteiger partial charge on any atom is -0.335 e. The molecule has 2 rings (SSSR count). The number of nitrogens with zero attached hydrogens (tertiary/aromatic N) is 2. The molecule has 20 heavy (non-hydrogen) atoms. The molecule has 0 bridgehead atoms. The number of hydrogen-bond acceptors (Lipinski definition) is 2. The number of nitrogens with one attached hydrogen (secondary N) is 2. The van der Waals surface area contributed by atoms with Crippen molar-refractivity contribution >= 4 is 6.03 Å². The number of hydrogen-bond donors (Lipinski definition) is 2. The summed E-state index contributed by atoms with van der Waals surface area (Å²) < 4.78 is 1.95. The fraction of sp³-hybridized carbons (Fsp3) is 0.733. The zero-order valence-corrected chi connectivity index (χ0v) is 12.8. The van der Waals surface area contributed by atoms with E-state index in [1.54, 1.807) is 0 Å². The zero-order chi connectivity index (χ0) is 14.5. The van der Waals surface area contributed by atoms with Gasteiger partial charge in [-0.05, 0) is 39.7 Å². The van der Waals surface area contributed by atoms with Gasteiger partial charge in [0.15, 0.2) is 0 Å². The van der Waals surface area contributed by atoms with Crippen LogP contribution in [0, 0.1) is 13.8 Å². The van der Waals surface area contributed by atoms with E-state index < -0.39 is 0 Å². The van der Waals surface area contributed by atoms with Gasteiger partial charge in [-0.25, -0.2) is 4.79 Å². The van der Waals surface area contributed by atoms with Crippen molar-refractivity contribution in [3.05, 3.63) is 17.5 Å². The zero-order valence-electron chi connectivity index (χ0n) is 12.8. The molecule has 1 atom stereocenters. The van der Waals surface area contributed by atoms with E-state index in [1.807, 2.05) is 25.5 Å². The molecule has 2 N–H and O–H groups in total. The van der Waals surface area contributed by atoms with E-state index in [2.05, 4.69) is 21.8 Å². The highest BCUT2D eigenvalue weighted by molar-refractivity contribution is 5.74. The van der Waals surface area contributed by atoms with Crippen molar-refractivity contribution < 1.29 is 4.79 Å². The molecular formula is C15H26N4O. The second kappa shape index (κ2) is 6.77. The fourth-order valence-corrected chi connectivity index (χ4v) is 2.86. The Bertz CT molecular complexity index is 449. The van der Waals surface area contributed by atoms with Crippen LogP contribution in [0.1, 0.15) is 50.4 Å². The summed E-state index contributed by atoms with van der Waals surface area (Å²) in [6.07, 6.45) is 5.98. The Balaban J connectivity index is 1.77. The van der Waals surface area contributed by atoms with E-state index in [4.69, 9.17) is 0 Å². The summed E-state index contributed by atoms with van der Waals surface area (Å²) in [6, 6.07) is 2.42. The SMILES string of the molecule is Cc1cc(C)n(C[C@@H](C)NC(=O)NC2CCCCC2)n1. The normalized spacial score (nSPS) is 17.8. The van der Waals surface area contributed by atoms with Gasteiger partial charge in [0.05, 0.1) is 12.2 Å². The Hall–Kier alpha value is -1.52. The number of aryl methyl sites for hydroxylation is 2. The maximum absolute atomic E-state index is 12.0. The van der Waals surface area contributed by atoms with Crippen molar-refractivity contribution in [2.45, 2.75) is 71.5 Å². The summed E-state index contributed by atoms with van der Waals surface area (Å²) in [7, 11) is 0. The number of rotatable bonds is 4. The first kappa shape index (κ1) is 14.9. The molecule has 1 heterocycles. The lowest BCUT2D eigenvalue weighted by Crippen LogP contribution is -2.47. The van der Waals surface area contributed by atoms with Crippen molar-refractivity contribution in [3.63, 3.8) is 0 Å². The molecule has 112 valence electrons. The average Bonchev–Trinajstić information content (AvgIpc) is 2.68. The summed E-state index contributed by atoms with van der Waals surface area (Å²) in [6.45, 7) is 6.74. The molecule has 1 aliphatic carbocycles. The van der Waals surface area contributed by atoms with Crippen LogP contribution < -0.4 is 10.6 Å². The van der Waals surface area contributed by atoms with Gasteiger partial charge in [0.1, 0.15) is 0 Å². The summed E-state index contributed by atoms with van der Waals surface area (Å²) in [5.41, 5.74) is 2.14. The predicted molar refractivity (Wildman–Crippen MR) is 79.7 cm³/mol. The van der Waals surface area contributed by atoms with Crippen LogP contribution in [0.25, 0.3) is 0 Å².